The second-order valence-corrected chi connectivity index (χ2v) is 9.85. The van der Waals surface area contributed by atoms with Crippen LogP contribution < -0.4 is 0 Å². The van der Waals surface area contributed by atoms with E-state index in [1.165, 1.54) is 0 Å². The van der Waals surface area contributed by atoms with E-state index in [1.807, 2.05) is 6.92 Å². The van der Waals surface area contributed by atoms with Crippen LogP contribution >= 0.6 is 31.9 Å². The molecule has 0 heterocycles. The summed E-state index contributed by atoms with van der Waals surface area (Å²) < 4.78 is 5.96. The van der Waals surface area contributed by atoms with Crippen molar-refractivity contribution in [1.29, 1.82) is 0 Å². The average Bonchev–Trinajstić information content (AvgIpc) is 2.99. The molecule has 2 aliphatic carbocycles. The average molecular weight is 504 g/mol. The molecule has 148 valence electrons. The van der Waals surface area contributed by atoms with Gasteiger partial charge in [0.25, 0.3) is 0 Å². The maximum absolute atomic E-state index is 13.4. The van der Waals surface area contributed by atoms with Gasteiger partial charge in [-0.25, -0.2) is 4.79 Å². The maximum atomic E-state index is 13.4. The minimum atomic E-state index is -2.34. The van der Waals surface area contributed by atoms with E-state index in [0.717, 1.165) is 23.6 Å². The van der Waals surface area contributed by atoms with E-state index in [1.54, 1.807) is 6.92 Å². The van der Waals surface area contributed by atoms with Gasteiger partial charge >= 0.3 is 5.97 Å². The molecule has 1 saturated carbocycles. The van der Waals surface area contributed by atoms with Crippen LogP contribution in [0.5, 0.6) is 5.75 Å². The molecule has 1 fully saturated rings. The van der Waals surface area contributed by atoms with Gasteiger partial charge in [-0.1, -0.05) is 36.7 Å². The second-order valence-electron chi connectivity index (χ2n) is 8.26. The SMILES string of the molecule is COC(=O)C1(O)C(=O)c2c(O)c(Br)c(C)c(Br)c2C2C(C(C)C)CCC21C. The number of carbonyl (C=O) groups is 2. The maximum Gasteiger partial charge on any atom is 0.346 e. The second kappa shape index (κ2) is 6.56. The van der Waals surface area contributed by atoms with Gasteiger partial charge in [-0.05, 0) is 64.6 Å². The van der Waals surface area contributed by atoms with Gasteiger partial charge in [0.05, 0.1) is 17.1 Å². The fourth-order valence-electron chi connectivity index (χ4n) is 5.18. The zero-order valence-corrected chi connectivity index (χ0v) is 19.2. The molecule has 1 aromatic rings. The molecule has 0 spiro atoms. The molecule has 27 heavy (non-hydrogen) atoms. The van der Waals surface area contributed by atoms with Gasteiger partial charge in [0.1, 0.15) is 5.75 Å². The van der Waals surface area contributed by atoms with Gasteiger partial charge in [-0.15, -0.1) is 0 Å². The fraction of sp³-hybridized carbons (Fsp3) is 0.600. The molecule has 5 nitrogen and oxygen atoms in total. The summed E-state index contributed by atoms with van der Waals surface area (Å²) in [6.07, 6.45) is 1.28. The van der Waals surface area contributed by atoms with Crippen molar-refractivity contribution in [1.82, 2.24) is 0 Å². The van der Waals surface area contributed by atoms with E-state index in [0.29, 0.717) is 16.5 Å². The molecule has 2 N–H and O–H groups in total. The smallest absolute Gasteiger partial charge is 0.346 e. The Labute approximate surface area is 175 Å². The number of benzene rings is 1. The van der Waals surface area contributed by atoms with E-state index in [-0.39, 0.29) is 29.1 Å². The first-order chi connectivity index (χ1) is 12.4. The third-order valence-electron chi connectivity index (χ3n) is 6.75. The molecule has 3 rings (SSSR count). The molecule has 0 amide bonds. The number of aromatic hydroxyl groups is 1. The first-order valence-corrected chi connectivity index (χ1v) is 10.6. The number of ether oxygens (including phenoxy) is 1. The molecule has 0 aliphatic heterocycles. The summed E-state index contributed by atoms with van der Waals surface area (Å²) in [6, 6.07) is 0. The van der Waals surface area contributed by atoms with Crippen LogP contribution in [0.3, 0.4) is 0 Å². The highest BCUT2D eigenvalue weighted by atomic mass is 79.9. The number of fused-ring (bicyclic) bond motifs is 3. The quantitative estimate of drug-likeness (QED) is 0.459. The number of methoxy groups -OCH3 is 1. The molecular weight excluding hydrogens is 480 g/mol. The summed E-state index contributed by atoms with van der Waals surface area (Å²) in [4.78, 5) is 26.1. The number of phenolic OH excluding ortho intramolecular Hbond substituents is 1. The lowest BCUT2D eigenvalue weighted by molar-refractivity contribution is -0.171. The molecule has 4 atom stereocenters. The van der Waals surface area contributed by atoms with Gasteiger partial charge in [0.2, 0.25) is 11.4 Å². The number of phenols is 1. The Morgan fingerprint density at radius 3 is 2.41 bits per heavy atom. The first-order valence-electron chi connectivity index (χ1n) is 9.01. The highest BCUT2D eigenvalue weighted by molar-refractivity contribution is 9.11. The topological polar surface area (TPSA) is 83.8 Å². The summed E-state index contributed by atoms with van der Waals surface area (Å²) in [7, 11) is 1.16. The minimum absolute atomic E-state index is 0.00211. The van der Waals surface area contributed by atoms with Crippen molar-refractivity contribution in [3.63, 3.8) is 0 Å². The first kappa shape index (κ1) is 20.8. The predicted molar refractivity (Wildman–Crippen MR) is 108 cm³/mol. The van der Waals surface area contributed by atoms with Crippen LogP contribution in [0.1, 0.15) is 61.0 Å². The molecule has 4 unspecified atom stereocenters. The molecular formula is C20H24Br2O5. The molecule has 2 aliphatic rings. The summed E-state index contributed by atoms with van der Waals surface area (Å²) in [6.45, 7) is 7.83. The van der Waals surface area contributed by atoms with Crippen LogP contribution in [-0.2, 0) is 9.53 Å². The molecule has 0 aromatic heterocycles. The Bertz CT molecular complexity index is 850. The van der Waals surface area contributed by atoms with Crippen molar-refractivity contribution >= 4 is 43.6 Å². The number of halogens is 2. The molecule has 0 bridgehead atoms. The Kier molecular flexibility index (Phi) is 5.06. The highest BCUT2D eigenvalue weighted by Gasteiger charge is 2.70. The minimum Gasteiger partial charge on any atom is -0.506 e. The summed E-state index contributed by atoms with van der Waals surface area (Å²) in [5.41, 5.74) is -1.89. The molecule has 0 saturated heterocycles. The Morgan fingerprint density at radius 1 is 1.30 bits per heavy atom. The highest BCUT2D eigenvalue weighted by Crippen LogP contribution is 2.66. The lowest BCUT2D eigenvalue weighted by Crippen LogP contribution is -2.63. The van der Waals surface area contributed by atoms with Crippen molar-refractivity contribution in [2.45, 2.75) is 52.1 Å². The van der Waals surface area contributed by atoms with Crippen molar-refractivity contribution < 1.29 is 24.5 Å². The van der Waals surface area contributed by atoms with E-state index in [4.69, 9.17) is 4.74 Å². The van der Waals surface area contributed by atoms with Crippen molar-refractivity contribution in [2.75, 3.05) is 7.11 Å². The van der Waals surface area contributed by atoms with Gasteiger partial charge in [-0.3, -0.25) is 4.79 Å². The van der Waals surface area contributed by atoms with Gasteiger partial charge in [0.15, 0.2) is 0 Å². The van der Waals surface area contributed by atoms with E-state index >= 15 is 0 Å². The third-order valence-corrected chi connectivity index (χ3v) is 8.74. The molecule has 7 heteroatoms. The fourth-order valence-corrected chi connectivity index (χ4v) is 6.48. The number of hydrogen-bond donors (Lipinski definition) is 2. The number of carbonyl (C=O) groups excluding carboxylic acids is 2. The summed E-state index contributed by atoms with van der Waals surface area (Å²) >= 11 is 6.94. The standard InChI is InChI=1S/C20H24Br2O5/c1-8(2)10-6-7-19(4)13(10)11-12(16(23)15(22)9(3)14(11)21)17(24)20(19,26)18(25)27-5/h8,10,13,23,26H,6-7H2,1-5H3. The number of Topliss-reactive ketones (excluding diaryl/α,β-unsaturated/α-hetero) is 1. The van der Waals surface area contributed by atoms with Crippen LogP contribution in [0.2, 0.25) is 0 Å². The van der Waals surface area contributed by atoms with Gasteiger partial charge in [-0.2, -0.15) is 0 Å². The molecule has 1 aromatic carbocycles. The number of esters is 1. The summed E-state index contributed by atoms with van der Waals surface area (Å²) in [5, 5.41) is 22.3. The number of hydrogen-bond acceptors (Lipinski definition) is 5. The largest absolute Gasteiger partial charge is 0.506 e. The normalized spacial score (nSPS) is 32.4. The molecule has 0 radical (unpaired) electrons. The monoisotopic (exact) mass is 502 g/mol. The van der Waals surface area contributed by atoms with Gasteiger partial charge < -0.3 is 14.9 Å². The van der Waals surface area contributed by atoms with Crippen molar-refractivity contribution in [3.05, 3.63) is 25.6 Å². The third kappa shape index (κ3) is 2.43. The number of ketones is 1. The van der Waals surface area contributed by atoms with Crippen molar-refractivity contribution in [3.8, 4) is 5.75 Å². The zero-order chi connectivity index (χ0) is 20.5. The van der Waals surface area contributed by atoms with Crippen LogP contribution in [0.4, 0.5) is 0 Å². The van der Waals surface area contributed by atoms with Crippen LogP contribution in [-0.4, -0.2) is 34.7 Å². The van der Waals surface area contributed by atoms with Crippen molar-refractivity contribution in [2.24, 2.45) is 17.3 Å². The van der Waals surface area contributed by atoms with Crippen LogP contribution in [0.15, 0.2) is 8.95 Å². The Balaban J connectivity index is 2.46. The number of rotatable bonds is 2. The zero-order valence-electron chi connectivity index (χ0n) is 16.0. The Morgan fingerprint density at radius 2 is 1.89 bits per heavy atom. The van der Waals surface area contributed by atoms with E-state index < -0.39 is 22.8 Å². The van der Waals surface area contributed by atoms with E-state index in [9.17, 15) is 19.8 Å². The van der Waals surface area contributed by atoms with E-state index in [2.05, 4.69) is 45.7 Å². The lowest BCUT2D eigenvalue weighted by Gasteiger charge is -2.49. The predicted octanol–water partition coefficient (Wildman–Crippen LogP) is 4.48. The Hall–Kier alpha value is -0.920. The van der Waals surface area contributed by atoms with Crippen LogP contribution in [0.25, 0.3) is 0 Å². The van der Waals surface area contributed by atoms with Gasteiger partial charge in [0, 0.05) is 9.89 Å². The number of aliphatic hydroxyl groups is 1. The van der Waals surface area contributed by atoms with Crippen LogP contribution in [0, 0.1) is 24.2 Å². The lowest BCUT2D eigenvalue weighted by atomic mass is 9.55. The summed E-state index contributed by atoms with van der Waals surface area (Å²) in [5.74, 6) is -1.86.